The third-order valence-electron chi connectivity index (χ3n) is 6.34. The van der Waals surface area contributed by atoms with Crippen molar-refractivity contribution in [2.24, 2.45) is 7.05 Å². The highest BCUT2D eigenvalue weighted by atomic mass is 19.3. The van der Waals surface area contributed by atoms with Crippen LogP contribution < -0.4 is 5.32 Å². The first-order valence-electron chi connectivity index (χ1n) is 10.9. The molecule has 1 fully saturated rings. The molecule has 1 N–H and O–H groups in total. The standard InChI is InChI=1S/C25H22F2N4O3/c1-25(26,27)21-20(14-6-4-3-5-7-14)30(2)22(29-21)15-8-9-17-16(12-15)13-31(24(17)34)18-10-11-19(32)28-23(18)33/h3-9,12,18H,10-11,13H2,1-2H3,(H,28,32,33). The highest BCUT2D eigenvalue weighted by Gasteiger charge is 2.39. The van der Waals surface area contributed by atoms with Gasteiger partial charge in [0, 0.05) is 43.6 Å². The fraction of sp³-hybridized carbons (Fsp3) is 0.280. The molecule has 1 unspecified atom stereocenters. The van der Waals surface area contributed by atoms with E-state index in [0.29, 0.717) is 33.8 Å². The highest BCUT2D eigenvalue weighted by Crippen LogP contribution is 2.39. The van der Waals surface area contributed by atoms with Crippen LogP contribution in [0.2, 0.25) is 0 Å². The first kappa shape index (κ1) is 21.9. The SMILES string of the molecule is Cn1c(-c2ccc3c(c2)CN(C2CCC(=O)NC2=O)C3=O)nc(C(C)(F)F)c1-c1ccccc1. The molecule has 0 radical (unpaired) electrons. The van der Waals surface area contributed by atoms with E-state index >= 15 is 0 Å². The van der Waals surface area contributed by atoms with E-state index in [1.165, 1.54) is 4.90 Å². The molecule has 1 atom stereocenters. The van der Waals surface area contributed by atoms with Crippen molar-refractivity contribution in [3.63, 3.8) is 0 Å². The van der Waals surface area contributed by atoms with E-state index in [4.69, 9.17) is 0 Å². The normalized spacial score (nSPS) is 18.3. The zero-order valence-electron chi connectivity index (χ0n) is 18.6. The Kier molecular flexibility index (Phi) is 5.07. The fourth-order valence-corrected chi connectivity index (χ4v) is 4.70. The van der Waals surface area contributed by atoms with Crippen molar-refractivity contribution in [3.8, 4) is 22.6 Å². The summed E-state index contributed by atoms with van der Waals surface area (Å²) in [5, 5.41) is 2.28. The Morgan fingerprint density at radius 1 is 1.06 bits per heavy atom. The zero-order valence-corrected chi connectivity index (χ0v) is 18.6. The van der Waals surface area contributed by atoms with E-state index in [9.17, 15) is 23.2 Å². The van der Waals surface area contributed by atoms with Crippen LogP contribution in [0.25, 0.3) is 22.6 Å². The smallest absolute Gasteiger partial charge is 0.289 e. The molecule has 1 aromatic heterocycles. The summed E-state index contributed by atoms with van der Waals surface area (Å²) in [6, 6.07) is 13.3. The molecular weight excluding hydrogens is 442 g/mol. The maximum absolute atomic E-state index is 14.5. The molecule has 0 spiro atoms. The number of fused-ring (bicyclic) bond motifs is 1. The number of halogens is 2. The minimum Gasteiger partial charge on any atom is -0.327 e. The molecule has 7 nitrogen and oxygen atoms in total. The molecule has 3 aromatic rings. The maximum Gasteiger partial charge on any atom is 0.289 e. The van der Waals surface area contributed by atoms with Gasteiger partial charge in [0.2, 0.25) is 11.8 Å². The fourth-order valence-electron chi connectivity index (χ4n) is 4.70. The lowest BCUT2D eigenvalue weighted by atomic mass is 10.0. The van der Waals surface area contributed by atoms with Gasteiger partial charge < -0.3 is 9.47 Å². The molecule has 174 valence electrons. The van der Waals surface area contributed by atoms with Gasteiger partial charge in [-0.3, -0.25) is 19.7 Å². The van der Waals surface area contributed by atoms with E-state index in [1.54, 1.807) is 54.1 Å². The monoisotopic (exact) mass is 464 g/mol. The van der Waals surface area contributed by atoms with Crippen molar-refractivity contribution in [1.29, 1.82) is 0 Å². The van der Waals surface area contributed by atoms with Crippen LogP contribution in [0.1, 0.15) is 41.4 Å². The molecule has 2 aromatic carbocycles. The molecule has 2 aliphatic rings. The molecule has 2 aliphatic heterocycles. The van der Waals surface area contributed by atoms with Crippen molar-refractivity contribution in [2.75, 3.05) is 0 Å². The second-order valence-corrected chi connectivity index (χ2v) is 8.72. The van der Waals surface area contributed by atoms with Gasteiger partial charge in [0.1, 0.15) is 17.6 Å². The second kappa shape index (κ2) is 7.86. The van der Waals surface area contributed by atoms with E-state index in [2.05, 4.69) is 10.3 Å². The van der Waals surface area contributed by atoms with Crippen LogP contribution in [0.4, 0.5) is 8.78 Å². The Labute approximate surface area is 194 Å². The number of hydrogen-bond acceptors (Lipinski definition) is 4. The number of carbonyl (C=O) groups excluding carboxylic acids is 3. The van der Waals surface area contributed by atoms with E-state index in [1.807, 2.05) is 6.07 Å². The van der Waals surface area contributed by atoms with Gasteiger partial charge >= 0.3 is 0 Å². The summed E-state index contributed by atoms with van der Waals surface area (Å²) in [4.78, 5) is 42.5. The summed E-state index contributed by atoms with van der Waals surface area (Å²) in [7, 11) is 1.69. The number of piperidine rings is 1. The van der Waals surface area contributed by atoms with Crippen LogP contribution in [0.15, 0.2) is 48.5 Å². The Balaban J connectivity index is 1.53. The molecular formula is C25H22F2N4O3. The predicted octanol–water partition coefficient (Wildman–Crippen LogP) is 3.63. The van der Waals surface area contributed by atoms with Crippen LogP contribution in [-0.2, 0) is 29.1 Å². The Bertz CT molecular complexity index is 1330. The number of aromatic nitrogens is 2. The Hall–Kier alpha value is -3.88. The van der Waals surface area contributed by atoms with Crippen LogP contribution >= 0.6 is 0 Å². The van der Waals surface area contributed by atoms with Crippen molar-refractivity contribution in [3.05, 3.63) is 65.4 Å². The van der Waals surface area contributed by atoms with Gasteiger partial charge in [0.25, 0.3) is 11.8 Å². The van der Waals surface area contributed by atoms with Crippen LogP contribution in [0.5, 0.6) is 0 Å². The average molecular weight is 464 g/mol. The lowest BCUT2D eigenvalue weighted by Crippen LogP contribution is -2.52. The molecule has 9 heteroatoms. The molecule has 1 saturated heterocycles. The molecule has 3 heterocycles. The van der Waals surface area contributed by atoms with Crippen LogP contribution in [0.3, 0.4) is 0 Å². The maximum atomic E-state index is 14.5. The van der Waals surface area contributed by atoms with Crippen molar-refractivity contribution >= 4 is 17.7 Å². The largest absolute Gasteiger partial charge is 0.327 e. The number of nitrogens with zero attached hydrogens (tertiary/aromatic N) is 3. The number of imide groups is 1. The minimum absolute atomic E-state index is 0.172. The highest BCUT2D eigenvalue weighted by molar-refractivity contribution is 6.05. The first-order chi connectivity index (χ1) is 16.1. The minimum atomic E-state index is -3.16. The molecule has 0 bridgehead atoms. The Morgan fingerprint density at radius 2 is 1.79 bits per heavy atom. The van der Waals surface area contributed by atoms with E-state index < -0.39 is 17.9 Å². The average Bonchev–Trinajstić information content (AvgIpc) is 3.31. The number of carbonyl (C=O) groups is 3. The number of imidazole rings is 1. The summed E-state index contributed by atoms with van der Waals surface area (Å²) in [5.74, 6) is -3.92. The Morgan fingerprint density at radius 3 is 2.47 bits per heavy atom. The lowest BCUT2D eigenvalue weighted by Gasteiger charge is -2.29. The summed E-state index contributed by atoms with van der Waals surface area (Å²) in [6.45, 7) is 1.02. The van der Waals surface area contributed by atoms with Gasteiger partial charge in [-0.2, -0.15) is 8.78 Å². The first-order valence-corrected chi connectivity index (χ1v) is 10.9. The topological polar surface area (TPSA) is 84.3 Å². The third-order valence-corrected chi connectivity index (χ3v) is 6.34. The summed E-state index contributed by atoms with van der Waals surface area (Å²) < 4.78 is 30.7. The van der Waals surface area contributed by atoms with Gasteiger partial charge in [-0.25, -0.2) is 4.98 Å². The van der Waals surface area contributed by atoms with Crippen molar-refractivity contribution < 1.29 is 23.2 Å². The molecule has 5 rings (SSSR count). The number of amides is 3. The number of alkyl halides is 2. The van der Waals surface area contributed by atoms with Gasteiger partial charge in [0.15, 0.2) is 0 Å². The van der Waals surface area contributed by atoms with Gasteiger partial charge in [0.05, 0.1) is 5.69 Å². The quantitative estimate of drug-likeness (QED) is 0.598. The summed E-state index contributed by atoms with van der Waals surface area (Å²) >= 11 is 0. The molecule has 0 saturated carbocycles. The van der Waals surface area contributed by atoms with E-state index in [-0.39, 0.29) is 36.9 Å². The van der Waals surface area contributed by atoms with Gasteiger partial charge in [-0.15, -0.1) is 0 Å². The summed E-state index contributed by atoms with van der Waals surface area (Å²) in [6.07, 6.45) is 0.442. The molecule has 34 heavy (non-hydrogen) atoms. The van der Waals surface area contributed by atoms with Crippen LogP contribution in [0, 0.1) is 0 Å². The number of nitrogens with one attached hydrogen (secondary N) is 1. The zero-order chi connectivity index (χ0) is 24.2. The third kappa shape index (κ3) is 3.57. The number of hydrogen-bond donors (Lipinski definition) is 1. The second-order valence-electron chi connectivity index (χ2n) is 8.72. The van der Waals surface area contributed by atoms with Crippen molar-refractivity contribution in [1.82, 2.24) is 19.8 Å². The number of rotatable bonds is 4. The van der Waals surface area contributed by atoms with E-state index in [0.717, 1.165) is 6.92 Å². The molecule has 3 amide bonds. The van der Waals surface area contributed by atoms with Gasteiger partial charge in [-0.1, -0.05) is 36.4 Å². The van der Waals surface area contributed by atoms with Crippen LogP contribution in [-0.4, -0.2) is 38.2 Å². The predicted molar refractivity (Wildman–Crippen MR) is 120 cm³/mol. The summed E-state index contributed by atoms with van der Waals surface area (Å²) in [5.41, 5.74) is 2.35. The van der Waals surface area contributed by atoms with Gasteiger partial charge in [-0.05, 0) is 24.1 Å². The number of benzene rings is 2. The molecule has 0 aliphatic carbocycles. The lowest BCUT2D eigenvalue weighted by molar-refractivity contribution is -0.136. The van der Waals surface area contributed by atoms with Crippen molar-refractivity contribution in [2.45, 2.75) is 38.3 Å².